The van der Waals surface area contributed by atoms with Crippen LogP contribution in [0.25, 0.3) is 22.0 Å². The number of hydrogen-bond donors (Lipinski definition) is 4. The quantitative estimate of drug-likeness (QED) is 0.156. The summed E-state index contributed by atoms with van der Waals surface area (Å²) in [7, 11) is 0. The highest BCUT2D eigenvalue weighted by atomic mass is 16.5. The first kappa shape index (κ1) is 26.2. The molecular formula is C33H33N3O3. The lowest BCUT2D eigenvalue weighted by Crippen LogP contribution is -2.26. The maximum absolute atomic E-state index is 13.1. The van der Waals surface area contributed by atoms with Gasteiger partial charge in [0, 0.05) is 40.0 Å². The Morgan fingerprint density at radius 1 is 0.923 bits per heavy atom. The summed E-state index contributed by atoms with van der Waals surface area (Å²) in [4.78, 5) is 13.1. The number of aliphatic hydroxyl groups excluding tert-OH is 1. The van der Waals surface area contributed by atoms with Gasteiger partial charge in [-0.25, -0.2) is 0 Å². The molecule has 4 aromatic carbocycles. The van der Waals surface area contributed by atoms with Gasteiger partial charge in [-0.2, -0.15) is 0 Å². The van der Waals surface area contributed by atoms with E-state index in [2.05, 4.69) is 35.9 Å². The third-order valence-electron chi connectivity index (χ3n) is 7.53. The molecule has 198 valence electrons. The second-order valence-corrected chi connectivity index (χ2v) is 10.0. The van der Waals surface area contributed by atoms with Gasteiger partial charge in [0.15, 0.2) is 6.29 Å². The summed E-state index contributed by atoms with van der Waals surface area (Å²) in [6, 6.07) is 28.7. The largest absolute Gasteiger partial charge is 0.399 e. The molecule has 0 aliphatic heterocycles. The summed E-state index contributed by atoms with van der Waals surface area (Å²) < 4.78 is 2.27. The molecule has 1 atom stereocenters. The third kappa shape index (κ3) is 5.30. The predicted molar refractivity (Wildman–Crippen MR) is 156 cm³/mol. The van der Waals surface area contributed by atoms with E-state index in [0.717, 1.165) is 44.4 Å². The van der Waals surface area contributed by atoms with Gasteiger partial charge in [-0.05, 0) is 78.9 Å². The normalized spacial score (nSPS) is 12.2. The number of rotatable bonds is 7. The topological polar surface area (TPSA) is 101 Å². The number of anilines is 1. The van der Waals surface area contributed by atoms with Gasteiger partial charge < -0.3 is 25.8 Å². The zero-order valence-electron chi connectivity index (χ0n) is 22.3. The van der Waals surface area contributed by atoms with E-state index in [-0.39, 0.29) is 11.9 Å². The lowest BCUT2D eigenvalue weighted by atomic mass is 9.98. The van der Waals surface area contributed by atoms with Crippen LogP contribution in [-0.4, -0.2) is 20.7 Å². The highest BCUT2D eigenvalue weighted by Gasteiger charge is 2.17. The number of nitrogen functional groups attached to an aromatic ring is 1. The van der Waals surface area contributed by atoms with E-state index < -0.39 is 6.29 Å². The van der Waals surface area contributed by atoms with Crippen LogP contribution in [0.1, 0.15) is 57.6 Å². The van der Waals surface area contributed by atoms with E-state index in [1.54, 1.807) is 12.1 Å². The zero-order valence-corrected chi connectivity index (χ0v) is 22.3. The van der Waals surface area contributed by atoms with Crippen LogP contribution >= 0.6 is 0 Å². The summed E-state index contributed by atoms with van der Waals surface area (Å²) in [5, 5.41) is 23.6. The van der Waals surface area contributed by atoms with Crippen LogP contribution in [-0.2, 0) is 6.54 Å². The van der Waals surface area contributed by atoms with Crippen molar-refractivity contribution < 1.29 is 15.0 Å². The van der Waals surface area contributed by atoms with Gasteiger partial charge in [-0.1, -0.05) is 60.7 Å². The van der Waals surface area contributed by atoms with E-state index in [0.29, 0.717) is 23.4 Å². The van der Waals surface area contributed by atoms with Gasteiger partial charge >= 0.3 is 0 Å². The molecule has 0 unspecified atom stereocenters. The monoisotopic (exact) mass is 519 g/mol. The number of aromatic nitrogens is 1. The third-order valence-corrected chi connectivity index (χ3v) is 7.53. The Bertz CT molecular complexity index is 1630. The maximum Gasteiger partial charge on any atom is 0.251 e. The van der Waals surface area contributed by atoms with Gasteiger partial charge in [0.05, 0.1) is 6.04 Å². The summed E-state index contributed by atoms with van der Waals surface area (Å²) in [5.41, 5.74) is 14.8. The number of carbonyl (C=O) groups excluding carboxylic acids is 1. The number of nitrogens with zero attached hydrogens (tertiary/aromatic N) is 1. The Morgan fingerprint density at radius 2 is 1.62 bits per heavy atom. The average molecular weight is 520 g/mol. The first-order valence-electron chi connectivity index (χ1n) is 13.0. The molecule has 6 nitrogen and oxygen atoms in total. The summed E-state index contributed by atoms with van der Waals surface area (Å²) in [6.07, 6.45) is -1.52. The molecule has 0 spiro atoms. The molecule has 1 aromatic heterocycles. The zero-order chi connectivity index (χ0) is 27.7. The van der Waals surface area contributed by atoms with Crippen molar-refractivity contribution >= 4 is 22.5 Å². The summed E-state index contributed by atoms with van der Waals surface area (Å²) >= 11 is 0. The van der Waals surface area contributed by atoms with Gasteiger partial charge in [0.1, 0.15) is 0 Å². The van der Waals surface area contributed by atoms with E-state index in [1.807, 2.05) is 73.7 Å². The number of nitrogens with two attached hydrogens (primary N) is 1. The van der Waals surface area contributed by atoms with Crippen LogP contribution in [0.15, 0.2) is 91.0 Å². The molecule has 5 aromatic rings. The fraction of sp³-hybridized carbons (Fsp3) is 0.182. The maximum atomic E-state index is 13.1. The minimum absolute atomic E-state index is 0.116. The SMILES string of the molecule is Cc1c(C)n(Cc2ccc(-c3ccccc3C(O)O)cc2)c2ccc(C(=O)N[C@@H](C)c3ccc(N)cc3)cc12. The number of benzene rings is 4. The Hall–Kier alpha value is -4.39. The number of nitrogens with one attached hydrogen (secondary N) is 1. The van der Waals surface area contributed by atoms with Crippen LogP contribution in [0.4, 0.5) is 5.69 Å². The minimum Gasteiger partial charge on any atom is -0.399 e. The standard InChI is InChI=1S/C33H33N3O3/c1-20-22(3)36(19-23-8-10-25(11-9-23)28-6-4-5-7-29(28)33(38)39)31-17-14-26(18-30(20)31)32(37)35-21(2)24-12-15-27(34)16-13-24/h4-18,21,33,38-39H,19,34H2,1-3H3,(H,35,37)/t21-/m0/s1. The Morgan fingerprint density at radius 3 is 2.31 bits per heavy atom. The number of hydrogen-bond acceptors (Lipinski definition) is 4. The molecule has 0 saturated carbocycles. The number of fused-ring (bicyclic) bond motifs is 1. The molecule has 1 amide bonds. The summed E-state index contributed by atoms with van der Waals surface area (Å²) in [6.45, 7) is 6.84. The molecule has 0 saturated heterocycles. The molecule has 39 heavy (non-hydrogen) atoms. The van der Waals surface area contributed by atoms with Gasteiger partial charge in [-0.3, -0.25) is 4.79 Å². The van der Waals surface area contributed by atoms with Crippen LogP contribution < -0.4 is 11.1 Å². The second kappa shape index (κ2) is 10.8. The van der Waals surface area contributed by atoms with Gasteiger partial charge in [0.2, 0.25) is 0 Å². The first-order valence-corrected chi connectivity index (χ1v) is 13.0. The van der Waals surface area contributed by atoms with Crippen molar-refractivity contribution in [1.82, 2.24) is 9.88 Å². The molecule has 0 aliphatic carbocycles. The van der Waals surface area contributed by atoms with Crippen LogP contribution in [0.5, 0.6) is 0 Å². The van der Waals surface area contributed by atoms with Crippen LogP contribution in [0, 0.1) is 13.8 Å². The van der Waals surface area contributed by atoms with Crippen molar-refractivity contribution in [2.75, 3.05) is 5.73 Å². The second-order valence-electron chi connectivity index (χ2n) is 10.0. The van der Waals surface area contributed by atoms with E-state index in [4.69, 9.17) is 5.73 Å². The Kier molecular flexibility index (Phi) is 7.24. The lowest BCUT2D eigenvalue weighted by molar-refractivity contribution is -0.0420. The van der Waals surface area contributed by atoms with Gasteiger partial charge in [-0.15, -0.1) is 0 Å². The van der Waals surface area contributed by atoms with Crippen molar-refractivity contribution in [2.45, 2.75) is 39.6 Å². The fourth-order valence-electron chi connectivity index (χ4n) is 5.10. The molecule has 0 bridgehead atoms. The van der Waals surface area contributed by atoms with Crippen LogP contribution in [0.2, 0.25) is 0 Å². The number of aryl methyl sites for hydroxylation is 1. The van der Waals surface area contributed by atoms with Crippen molar-refractivity contribution in [1.29, 1.82) is 0 Å². The molecule has 1 heterocycles. The van der Waals surface area contributed by atoms with Crippen molar-refractivity contribution in [3.05, 3.63) is 125 Å². The smallest absolute Gasteiger partial charge is 0.251 e. The summed E-state index contributed by atoms with van der Waals surface area (Å²) in [5.74, 6) is -0.116. The molecule has 5 N–H and O–H groups in total. The van der Waals surface area contributed by atoms with E-state index in [1.165, 1.54) is 0 Å². The molecule has 6 heteroatoms. The van der Waals surface area contributed by atoms with Crippen molar-refractivity contribution in [3.8, 4) is 11.1 Å². The average Bonchev–Trinajstić information content (AvgIpc) is 3.18. The highest BCUT2D eigenvalue weighted by molar-refractivity contribution is 5.99. The molecule has 5 rings (SSSR count). The molecular weight excluding hydrogens is 486 g/mol. The highest BCUT2D eigenvalue weighted by Crippen LogP contribution is 2.30. The fourth-order valence-corrected chi connectivity index (χ4v) is 5.10. The number of aliphatic hydroxyl groups is 2. The predicted octanol–water partition coefficient (Wildman–Crippen LogP) is 6.03. The molecule has 0 radical (unpaired) electrons. The van der Waals surface area contributed by atoms with Crippen molar-refractivity contribution in [3.63, 3.8) is 0 Å². The Balaban J connectivity index is 1.38. The van der Waals surface area contributed by atoms with E-state index >= 15 is 0 Å². The number of carbonyl (C=O) groups is 1. The molecule has 0 fully saturated rings. The van der Waals surface area contributed by atoms with Crippen LogP contribution in [0.3, 0.4) is 0 Å². The Labute approximate surface area is 228 Å². The van der Waals surface area contributed by atoms with Gasteiger partial charge in [0.25, 0.3) is 5.91 Å². The number of amides is 1. The minimum atomic E-state index is -1.52. The van der Waals surface area contributed by atoms with E-state index in [9.17, 15) is 15.0 Å². The first-order chi connectivity index (χ1) is 18.7. The molecule has 0 aliphatic rings. The van der Waals surface area contributed by atoms with Crippen molar-refractivity contribution in [2.24, 2.45) is 0 Å². The lowest BCUT2D eigenvalue weighted by Gasteiger charge is -2.15.